The lowest BCUT2D eigenvalue weighted by molar-refractivity contribution is -0.120. The summed E-state index contributed by atoms with van der Waals surface area (Å²) in [6.45, 7) is 1.10. The van der Waals surface area contributed by atoms with Crippen LogP contribution >= 0.6 is 11.3 Å². The first-order valence-corrected chi connectivity index (χ1v) is 10.9. The Morgan fingerprint density at radius 2 is 1.83 bits per heavy atom. The van der Waals surface area contributed by atoms with E-state index in [9.17, 15) is 4.79 Å². The zero-order valence-corrected chi connectivity index (χ0v) is 17.4. The van der Waals surface area contributed by atoms with Gasteiger partial charge >= 0.3 is 0 Å². The van der Waals surface area contributed by atoms with E-state index in [1.165, 1.54) is 16.9 Å². The van der Waals surface area contributed by atoms with Crippen molar-refractivity contribution in [1.29, 1.82) is 0 Å². The molecule has 0 saturated heterocycles. The largest absolute Gasteiger partial charge is 0.369 e. The van der Waals surface area contributed by atoms with Crippen LogP contribution in [-0.4, -0.2) is 27.4 Å². The molecule has 7 heteroatoms. The van der Waals surface area contributed by atoms with Crippen LogP contribution in [0.4, 0.5) is 5.82 Å². The topological polar surface area (TPSA) is 79.8 Å². The van der Waals surface area contributed by atoms with Crippen LogP contribution in [0, 0.1) is 0 Å². The van der Waals surface area contributed by atoms with Gasteiger partial charge in [-0.15, -0.1) is 11.3 Å². The van der Waals surface area contributed by atoms with Gasteiger partial charge in [-0.3, -0.25) is 4.79 Å². The number of hydrogen-bond acceptors (Lipinski definition) is 6. The molecule has 0 atom stereocenters. The molecule has 2 heterocycles. The predicted octanol–water partition coefficient (Wildman–Crippen LogP) is 3.99. The molecule has 0 bridgehead atoms. The Morgan fingerprint density at radius 3 is 2.67 bits per heavy atom. The van der Waals surface area contributed by atoms with Gasteiger partial charge in [0, 0.05) is 17.3 Å². The summed E-state index contributed by atoms with van der Waals surface area (Å²) >= 11 is 1.48. The van der Waals surface area contributed by atoms with E-state index in [1.807, 2.05) is 35.7 Å². The van der Waals surface area contributed by atoms with Gasteiger partial charge in [0.1, 0.15) is 5.82 Å². The van der Waals surface area contributed by atoms with Crippen molar-refractivity contribution in [2.75, 3.05) is 11.9 Å². The number of fused-ring (bicyclic) bond motifs is 1. The average Bonchev–Trinajstić information content (AvgIpc) is 3.29. The zero-order valence-electron chi connectivity index (χ0n) is 16.5. The van der Waals surface area contributed by atoms with E-state index in [0.29, 0.717) is 5.82 Å². The van der Waals surface area contributed by atoms with E-state index in [4.69, 9.17) is 0 Å². The number of carbonyl (C=O) groups is 1. The third kappa shape index (κ3) is 5.39. The van der Waals surface area contributed by atoms with Gasteiger partial charge in [-0.1, -0.05) is 42.5 Å². The van der Waals surface area contributed by atoms with Crippen LogP contribution in [0.1, 0.15) is 23.5 Å². The van der Waals surface area contributed by atoms with Crippen molar-refractivity contribution in [1.82, 2.24) is 20.3 Å². The number of carbonyl (C=O) groups excluding carboxylic acids is 1. The van der Waals surface area contributed by atoms with Gasteiger partial charge in [0.15, 0.2) is 5.82 Å². The van der Waals surface area contributed by atoms with Gasteiger partial charge in [-0.25, -0.2) is 15.0 Å². The highest BCUT2D eigenvalue weighted by Crippen LogP contribution is 2.20. The van der Waals surface area contributed by atoms with Crippen LogP contribution in [0.25, 0.3) is 10.9 Å². The summed E-state index contributed by atoms with van der Waals surface area (Å²) in [7, 11) is 0. The van der Waals surface area contributed by atoms with Crippen molar-refractivity contribution in [3.05, 3.63) is 82.6 Å². The Hall–Kier alpha value is -3.32. The molecule has 4 aromatic rings. The first kappa shape index (κ1) is 20.0. The summed E-state index contributed by atoms with van der Waals surface area (Å²) in [6, 6.07) is 18.4. The van der Waals surface area contributed by atoms with Crippen molar-refractivity contribution in [3.63, 3.8) is 0 Å². The molecule has 4 rings (SSSR count). The molecule has 0 spiro atoms. The van der Waals surface area contributed by atoms with Crippen molar-refractivity contribution < 1.29 is 4.79 Å². The Bertz CT molecular complexity index is 1100. The molecule has 0 saturated carbocycles. The number of thiazole rings is 1. The fourth-order valence-electron chi connectivity index (χ4n) is 3.21. The number of para-hydroxylation sites is 1. The quantitative estimate of drug-likeness (QED) is 0.403. The normalized spacial score (nSPS) is 10.8. The van der Waals surface area contributed by atoms with E-state index in [2.05, 4.69) is 49.9 Å². The zero-order chi connectivity index (χ0) is 20.6. The second-order valence-corrected chi connectivity index (χ2v) is 7.67. The number of nitrogens with zero attached hydrogens (tertiary/aromatic N) is 3. The van der Waals surface area contributed by atoms with Crippen molar-refractivity contribution in [2.24, 2.45) is 0 Å². The third-order valence-corrected chi connectivity index (χ3v) is 5.33. The molecule has 2 N–H and O–H groups in total. The number of anilines is 1. The Balaban J connectivity index is 1.39. The lowest BCUT2D eigenvalue weighted by Gasteiger charge is -2.11. The predicted molar refractivity (Wildman–Crippen MR) is 120 cm³/mol. The van der Waals surface area contributed by atoms with E-state index < -0.39 is 0 Å². The lowest BCUT2D eigenvalue weighted by Crippen LogP contribution is -2.26. The lowest BCUT2D eigenvalue weighted by atomic mass is 10.1. The first-order valence-electron chi connectivity index (χ1n) is 9.95. The monoisotopic (exact) mass is 417 g/mol. The highest BCUT2D eigenvalue weighted by atomic mass is 32.1. The van der Waals surface area contributed by atoms with Gasteiger partial charge in [-0.2, -0.15) is 0 Å². The molecule has 2 aromatic heterocycles. The summed E-state index contributed by atoms with van der Waals surface area (Å²) in [4.78, 5) is 25.6. The first-order chi connectivity index (χ1) is 14.8. The Morgan fingerprint density at radius 1 is 1.00 bits per heavy atom. The maximum Gasteiger partial charge on any atom is 0.226 e. The Kier molecular flexibility index (Phi) is 6.61. The van der Waals surface area contributed by atoms with Crippen LogP contribution in [0.5, 0.6) is 0 Å². The molecule has 0 aliphatic heterocycles. The van der Waals surface area contributed by atoms with Crippen LogP contribution in [0.2, 0.25) is 0 Å². The minimum Gasteiger partial charge on any atom is -0.369 e. The molecule has 30 heavy (non-hydrogen) atoms. The highest BCUT2D eigenvalue weighted by molar-refractivity contribution is 7.07. The summed E-state index contributed by atoms with van der Waals surface area (Å²) < 4.78 is 0. The van der Waals surface area contributed by atoms with E-state index in [0.717, 1.165) is 41.8 Å². The van der Waals surface area contributed by atoms with Crippen LogP contribution in [-0.2, 0) is 24.2 Å². The standard InChI is InChI=1S/C23H23N5OS/c29-22(13-18-15-30-16-26-18)25-14-21-27-20-11-5-4-10-19(20)23(28-21)24-12-6-9-17-7-2-1-3-8-17/h1-5,7-8,10-11,15-16H,6,9,12-14H2,(H,25,29)(H,24,27,28). The SMILES string of the molecule is O=C(Cc1cscn1)NCc1nc(NCCCc2ccccc2)c2ccccc2n1. The second-order valence-electron chi connectivity index (χ2n) is 6.95. The number of nitrogens with one attached hydrogen (secondary N) is 2. The van der Waals surface area contributed by atoms with Gasteiger partial charge in [0.2, 0.25) is 5.91 Å². The van der Waals surface area contributed by atoms with E-state index in [-0.39, 0.29) is 18.9 Å². The maximum absolute atomic E-state index is 12.2. The minimum atomic E-state index is -0.0879. The van der Waals surface area contributed by atoms with Gasteiger partial charge in [-0.05, 0) is 30.5 Å². The van der Waals surface area contributed by atoms with Crippen LogP contribution in [0.15, 0.2) is 65.5 Å². The molecule has 1 amide bonds. The highest BCUT2D eigenvalue weighted by Gasteiger charge is 2.10. The molecule has 0 unspecified atom stereocenters. The van der Waals surface area contributed by atoms with Crippen molar-refractivity contribution in [3.8, 4) is 0 Å². The summed E-state index contributed by atoms with van der Waals surface area (Å²) in [5.74, 6) is 1.30. The average molecular weight is 418 g/mol. The maximum atomic E-state index is 12.2. The Labute approximate surface area is 179 Å². The number of hydrogen-bond donors (Lipinski definition) is 2. The van der Waals surface area contributed by atoms with Gasteiger partial charge in [0.25, 0.3) is 0 Å². The number of aromatic nitrogens is 3. The van der Waals surface area contributed by atoms with Gasteiger partial charge in [0.05, 0.1) is 29.7 Å². The molecule has 6 nitrogen and oxygen atoms in total. The number of rotatable bonds is 9. The molecule has 0 radical (unpaired) electrons. The molecule has 0 aliphatic carbocycles. The number of amides is 1. The fourth-order valence-corrected chi connectivity index (χ4v) is 3.77. The van der Waals surface area contributed by atoms with Crippen LogP contribution < -0.4 is 10.6 Å². The smallest absolute Gasteiger partial charge is 0.226 e. The van der Waals surface area contributed by atoms with Gasteiger partial charge < -0.3 is 10.6 Å². The van der Waals surface area contributed by atoms with Crippen molar-refractivity contribution in [2.45, 2.75) is 25.8 Å². The van der Waals surface area contributed by atoms with E-state index in [1.54, 1.807) is 5.51 Å². The summed E-state index contributed by atoms with van der Waals surface area (Å²) in [6.07, 6.45) is 2.28. The fraction of sp³-hybridized carbons (Fsp3) is 0.217. The second kappa shape index (κ2) is 9.93. The molecule has 152 valence electrons. The number of aryl methyl sites for hydroxylation is 1. The molecular weight excluding hydrogens is 394 g/mol. The van der Waals surface area contributed by atoms with Crippen LogP contribution in [0.3, 0.4) is 0 Å². The number of benzene rings is 2. The molecular formula is C23H23N5OS. The molecule has 0 aliphatic rings. The van der Waals surface area contributed by atoms with Crippen molar-refractivity contribution >= 4 is 34.0 Å². The minimum absolute atomic E-state index is 0.0879. The summed E-state index contributed by atoms with van der Waals surface area (Å²) in [5.41, 5.74) is 4.69. The molecule has 0 fully saturated rings. The third-order valence-electron chi connectivity index (χ3n) is 4.70. The summed E-state index contributed by atoms with van der Waals surface area (Å²) in [5, 5.41) is 9.20. The molecule has 2 aromatic carbocycles. The van der Waals surface area contributed by atoms with E-state index >= 15 is 0 Å².